The highest BCUT2D eigenvalue weighted by Crippen LogP contribution is 2.35. The van der Waals surface area contributed by atoms with E-state index in [4.69, 9.17) is 0 Å². The largest absolute Gasteiger partial charge is 0.338 e. The third-order valence-electron chi connectivity index (χ3n) is 5.38. The number of aryl methyl sites for hydroxylation is 1. The summed E-state index contributed by atoms with van der Waals surface area (Å²) in [7, 11) is -1.48. The number of anilines is 1. The van der Waals surface area contributed by atoms with E-state index in [2.05, 4.69) is 10.3 Å². The number of hydrogen-bond donors (Lipinski definition) is 1. The number of nitrogens with zero attached hydrogens (tertiary/aromatic N) is 3. The summed E-state index contributed by atoms with van der Waals surface area (Å²) in [6.07, 6.45) is 5.32. The summed E-state index contributed by atoms with van der Waals surface area (Å²) >= 11 is 0. The van der Waals surface area contributed by atoms with Crippen LogP contribution in [0.1, 0.15) is 40.3 Å². The lowest BCUT2D eigenvalue weighted by atomic mass is 10.0. The zero-order chi connectivity index (χ0) is 21.5. The van der Waals surface area contributed by atoms with Crippen molar-refractivity contribution in [2.45, 2.75) is 25.4 Å². The van der Waals surface area contributed by atoms with Gasteiger partial charge in [0.1, 0.15) is 11.9 Å². The van der Waals surface area contributed by atoms with Crippen LogP contribution >= 0.6 is 0 Å². The quantitative estimate of drug-likeness (QED) is 0.682. The van der Waals surface area contributed by atoms with Crippen LogP contribution in [0.2, 0.25) is 0 Å². The molecule has 0 saturated heterocycles. The molecule has 1 amide bonds. The van der Waals surface area contributed by atoms with Gasteiger partial charge in [0, 0.05) is 31.0 Å². The van der Waals surface area contributed by atoms with Gasteiger partial charge in [-0.05, 0) is 42.7 Å². The topological polar surface area (TPSA) is 84.3 Å². The van der Waals surface area contributed by atoms with Gasteiger partial charge in [-0.25, -0.2) is 13.4 Å². The molecule has 2 aromatic carbocycles. The second-order valence-corrected chi connectivity index (χ2v) is 9.53. The van der Waals surface area contributed by atoms with E-state index in [9.17, 15) is 13.2 Å². The Morgan fingerprint density at radius 3 is 2.57 bits per heavy atom. The van der Waals surface area contributed by atoms with Gasteiger partial charge in [0.25, 0.3) is 5.91 Å². The van der Waals surface area contributed by atoms with Crippen LogP contribution in [-0.4, -0.2) is 36.2 Å². The lowest BCUT2D eigenvalue weighted by molar-refractivity contribution is 0.0941. The summed E-state index contributed by atoms with van der Waals surface area (Å²) in [6, 6.07) is 14.3. The van der Waals surface area contributed by atoms with E-state index in [0.29, 0.717) is 17.7 Å². The molecular weight excluding hydrogens is 400 g/mol. The Hall–Kier alpha value is -3.13. The molecule has 0 aliphatic carbocycles. The van der Waals surface area contributed by atoms with Gasteiger partial charge in [-0.2, -0.15) is 0 Å². The van der Waals surface area contributed by atoms with Gasteiger partial charge >= 0.3 is 0 Å². The number of imidazole rings is 1. The summed E-state index contributed by atoms with van der Waals surface area (Å²) in [4.78, 5) is 17.5. The molecule has 2 atom stereocenters. The number of nitrogens with one attached hydrogen (secondary N) is 1. The van der Waals surface area contributed by atoms with E-state index in [1.807, 2.05) is 55.1 Å². The van der Waals surface area contributed by atoms with Gasteiger partial charge in [-0.3, -0.25) is 9.10 Å². The zero-order valence-corrected chi connectivity index (χ0v) is 17.9. The molecule has 0 spiro atoms. The van der Waals surface area contributed by atoms with Gasteiger partial charge in [0.05, 0.1) is 11.9 Å². The number of rotatable bonds is 5. The smallest absolute Gasteiger partial charge is 0.252 e. The molecule has 0 saturated carbocycles. The van der Waals surface area contributed by atoms with Crippen LogP contribution in [0.15, 0.2) is 60.9 Å². The van der Waals surface area contributed by atoms with Crippen molar-refractivity contribution < 1.29 is 13.2 Å². The molecule has 0 radical (unpaired) electrons. The molecule has 2 heterocycles. The van der Waals surface area contributed by atoms with Gasteiger partial charge in [0.2, 0.25) is 10.0 Å². The van der Waals surface area contributed by atoms with Crippen LogP contribution in [0.5, 0.6) is 0 Å². The third-order valence-corrected chi connectivity index (χ3v) is 6.65. The average Bonchev–Trinajstić information content (AvgIpc) is 3.27. The van der Waals surface area contributed by atoms with Crippen molar-refractivity contribution in [1.82, 2.24) is 14.9 Å². The first-order valence-electron chi connectivity index (χ1n) is 9.71. The Morgan fingerprint density at radius 2 is 1.93 bits per heavy atom. The second kappa shape index (κ2) is 7.60. The first kappa shape index (κ1) is 20.2. The molecule has 4 rings (SSSR count). The Labute approximate surface area is 176 Å². The summed E-state index contributed by atoms with van der Waals surface area (Å²) in [5.41, 5.74) is 2.92. The SMILES string of the molecule is C[C@@H]1Cc2cc(C(=O)N[C@@H](c3ccccc3)c3nccn3C)ccc2N1S(C)(=O)=O. The number of benzene rings is 2. The van der Waals surface area contributed by atoms with Crippen molar-refractivity contribution in [3.8, 4) is 0 Å². The maximum atomic E-state index is 13.1. The minimum atomic E-state index is -3.37. The van der Waals surface area contributed by atoms with E-state index >= 15 is 0 Å². The van der Waals surface area contributed by atoms with Gasteiger partial charge in [-0.15, -0.1) is 0 Å². The van der Waals surface area contributed by atoms with E-state index in [0.717, 1.165) is 17.0 Å². The van der Waals surface area contributed by atoms with Crippen LogP contribution < -0.4 is 9.62 Å². The van der Waals surface area contributed by atoms with Crippen molar-refractivity contribution in [2.24, 2.45) is 7.05 Å². The maximum Gasteiger partial charge on any atom is 0.252 e. The maximum absolute atomic E-state index is 13.1. The van der Waals surface area contributed by atoms with Crippen molar-refractivity contribution in [3.63, 3.8) is 0 Å². The van der Waals surface area contributed by atoms with Crippen LogP contribution in [0.3, 0.4) is 0 Å². The molecule has 8 heteroatoms. The summed E-state index contributed by atoms with van der Waals surface area (Å²) in [6.45, 7) is 1.87. The van der Waals surface area contributed by atoms with Gasteiger partial charge in [-0.1, -0.05) is 30.3 Å². The number of aromatic nitrogens is 2. The van der Waals surface area contributed by atoms with Crippen molar-refractivity contribution in [1.29, 1.82) is 0 Å². The molecular formula is C22H24N4O3S. The predicted octanol–water partition coefficient (Wildman–Crippen LogP) is 2.65. The normalized spacial score (nSPS) is 16.9. The minimum Gasteiger partial charge on any atom is -0.338 e. The molecule has 0 bridgehead atoms. The summed E-state index contributed by atoms with van der Waals surface area (Å²) in [5.74, 6) is 0.493. The molecule has 0 fully saturated rings. The number of fused-ring (bicyclic) bond motifs is 1. The van der Waals surface area contributed by atoms with E-state index in [-0.39, 0.29) is 11.9 Å². The Balaban J connectivity index is 1.65. The molecule has 1 aliphatic rings. The highest BCUT2D eigenvalue weighted by Gasteiger charge is 2.33. The van der Waals surface area contributed by atoms with E-state index in [1.54, 1.807) is 24.4 Å². The van der Waals surface area contributed by atoms with Crippen molar-refractivity contribution in [3.05, 3.63) is 83.4 Å². The molecule has 3 aromatic rings. The first-order valence-corrected chi connectivity index (χ1v) is 11.6. The third kappa shape index (κ3) is 3.70. The minimum absolute atomic E-state index is 0.169. The summed E-state index contributed by atoms with van der Waals surface area (Å²) in [5, 5.41) is 3.08. The van der Waals surface area contributed by atoms with Gasteiger partial charge < -0.3 is 9.88 Å². The van der Waals surface area contributed by atoms with Crippen LogP contribution in [0.25, 0.3) is 0 Å². The van der Waals surface area contributed by atoms with E-state index in [1.165, 1.54) is 10.6 Å². The monoisotopic (exact) mass is 424 g/mol. The Bertz CT molecular complexity index is 1190. The highest BCUT2D eigenvalue weighted by molar-refractivity contribution is 7.92. The fourth-order valence-electron chi connectivity index (χ4n) is 4.06. The fourth-order valence-corrected chi connectivity index (χ4v) is 5.33. The molecule has 1 N–H and O–H groups in total. The molecule has 1 aromatic heterocycles. The van der Waals surface area contributed by atoms with Crippen molar-refractivity contribution in [2.75, 3.05) is 10.6 Å². The standard InChI is InChI=1S/C22H24N4O3S/c1-15-13-18-14-17(9-10-19(18)26(15)30(3,28)29)22(27)24-20(16-7-5-4-6-8-16)21-23-11-12-25(21)2/h4-12,14-15,20H,13H2,1-3H3,(H,24,27)/t15-,20+/m1/s1. The average molecular weight is 425 g/mol. The number of sulfonamides is 1. The molecule has 156 valence electrons. The fraction of sp³-hybridized carbons (Fsp3) is 0.273. The number of carbonyl (C=O) groups excluding carboxylic acids is 1. The molecule has 0 unspecified atom stereocenters. The van der Waals surface area contributed by atoms with Crippen LogP contribution in [0.4, 0.5) is 5.69 Å². The Morgan fingerprint density at radius 1 is 1.20 bits per heavy atom. The van der Waals surface area contributed by atoms with Crippen LogP contribution in [-0.2, 0) is 23.5 Å². The lowest BCUT2D eigenvalue weighted by Crippen LogP contribution is -2.34. The number of amides is 1. The van der Waals surface area contributed by atoms with Crippen LogP contribution in [0, 0.1) is 0 Å². The van der Waals surface area contributed by atoms with E-state index < -0.39 is 16.1 Å². The highest BCUT2D eigenvalue weighted by atomic mass is 32.2. The lowest BCUT2D eigenvalue weighted by Gasteiger charge is -2.22. The summed E-state index contributed by atoms with van der Waals surface area (Å²) < 4.78 is 27.6. The first-order chi connectivity index (χ1) is 14.3. The second-order valence-electron chi connectivity index (χ2n) is 7.67. The number of hydrogen-bond acceptors (Lipinski definition) is 4. The molecule has 30 heavy (non-hydrogen) atoms. The Kier molecular flexibility index (Phi) is 5.11. The zero-order valence-electron chi connectivity index (χ0n) is 17.1. The van der Waals surface area contributed by atoms with Gasteiger partial charge in [0.15, 0.2) is 0 Å². The predicted molar refractivity (Wildman–Crippen MR) is 116 cm³/mol. The van der Waals surface area contributed by atoms with Crippen molar-refractivity contribution >= 4 is 21.6 Å². The molecule has 7 nitrogen and oxygen atoms in total. The number of carbonyl (C=O) groups is 1. The molecule has 1 aliphatic heterocycles.